The monoisotopic (exact) mass is 278 g/mol. The molecule has 0 radical (unpaired) electrons. The maximum Gasteiger partial charge on any atom is 0.336 e. The van der Waals surface area contributed by atoms with Crippen LogP contribution in [0.3, 0.4) is 0 Å². The second kappa shape index (κ2) is 4.10. The lowest BCUT2D eigenvalue weighted by Gasteiger charge is -2.02. The van der Waals surface area contributed by atoms with E-state index in [1.54, 1.807) is 0 Å². The molecule has 0 atom stereocenters. The van der Waals surface area contributed by atoms with E-state index in [-0.39, 0.29) is 10.7 Å². The number of fused-ring (bicyclic) bond motifs is 3. The topological polar surface area (TPSA) is 85.5 Å². The molecule has 0 saturated heterocycles. The number of carboxylic acids is 1. The molecule has 1 aromatic carbocycles. The Bertz CT molecular complexity index is 812. The van der Waals surface area contributed by atoms with Crippen LogP contribution < -0.4 is 4.74 Å². The van der Waals surface area contributed by atoms with Crippen molar-refractivity contribution in [3.05, 3.63) is 29.0 Å². The van der Waals surface area contributed by atoms with E-state index in [2.05, 4.69) is 10.2 Å². The van der Waals surface area contributed by atoms with Crippen molar-refractivity contribution in [1.29, 1.82) is 0 Å². The van der Waals surface area contributed by atoms with E-state index >= 15 is 0 Å². The Balaban J connectivity index is 2.58. The maximum atomic E-state index is 11.3. The molecule has 0 saturated carbocycles. The highest BCUT2D eigenvalue weighted by Gasteiger charge is 2.20. The van der Waals surface area contributed by atoms with Gasteiger partial charge in [-0.2, -0.15) is 5.10 Å². The van der Waals surface area contributed by atoms with Crippen molar-refractivity contribution in [2.75, 3.05) is 7.11 Å². The highest BCUT2D eigenvalue weighted by molar-refractivity contribution is 6.34. The minimum Gasteiger partial charge on any atom is -0.493 e. The first-order valence-electron chi connectivity index (χ1n) is 5.27. The van der Waals surface area contributed by atoms with Gasteiger partial charge in [0.05, 0.1) is 24.3 Å². The summed E-state index contributed by atoms with van der Waals surface area (Å²) in [5, 5.41) is 17.6. The van der Waals surface area contributed by atoms with E-state index in [4.69, 9.17) is 20.8 Å². The molecule has 96 valence electrons. The van der Waals surface area contributed by atoms with Crippen molar-refractivity contribution in [2.45, 2.75) is 0 Å². The van der Waals surface area contributed by atoms with Gasteiger partial charge in [0.2, 0.25) is 0 Å². The third-order valence-corrected chi connectivity index (χ3v) is 3.06. The summed E-state index contributed by atoms with van der Waals surface area (Å²) >= 11 is 5.90. The number of ether oxygens (including phenoxy) is 1. The van der Waals surface area contributed by atoms with Gasteiger partial charge in [-0.15, -0.1) is 5.10 Å². The van der Waals surface area contributed by atoms with Crippen LogP contribution >= 0.6 is 11.6 Å². The first-order valence-corrected chi connectivity index (χ1v) is 5.65. The van der Waals surface area contributed by atoms with E-state index in [0.29, 0.717) is 27.7 Å². The largest absolute Gasteiger partial charge is 0.493 e. The summed E-state index contributed by atoms with van der Waals surface area (Å²) in [6.45, 7) is 0. The summed E-state index contributed by atoms with van der Waals surface area (Å²) in [6, 6.07) is 2.98. The smallest absolute Gasteiger partial charge is 0.336 e. The van der Waals surface area contributed by atoms with Crippen molar-refractivity contribution in [2.24, 2.45) is 0 Å². The number of aromatic carboxylic acids is 1. The maximum absolute atomic E-state index is 11.3. The number of benzene rings is 1. The number of halogens is 1. The number of hydrogen-bond acceptors (Lipinski definition) is 5. The van der Waals surface area contributed by atoms with E-state index < -0.39 is 5.97 Å². The van der Waals surface area contributed by atoms with E-state index in [0.717, 1.165) is 0 Å². The molecule has 0 aliphatic carbocycles. The number of rotatable bonds is 2. The molecule has 2 heterocycles. The van der Waals surface area contributed by atoms with Gasteiger partial charge in [0, 0.05) is 5.39 Å². The molecule has 0 fully saturated rings. The van der Waals surface area contributed by atoms with Crippen molar-refractivity contribution in [3.63, 3.8) is 0 Å². The molecule has 0 bridgehead atoms. The first-order chi connectivity index (χ1) is 9.13. The minimum absolute atomic E-state index is 0.0760. The third kappa shape index (κ3) is 1.61. The Hall–Kier alpha value is -2.34. The first kappa shape index (κ1) is 11.7. The number of nitrogens with zero attached hydrogens (tertiary/aromatic N) is 2. The standard InChI is InChI=1S/C12H7ClN2O4/c1-18-7-3-2-5(12(16)17)8-6-4-14-15-11(13)9(6)19-10(7)8/h2-4H,1H3,(H,16,17). The Morgan fingerprint density at radius 3 is 2.89 bits per heavy atom. The molecule has 0 aliphatic heterocycles. The summed E-state index contributed by atoms with van der Waals surface area (Å²) in [5.74, 6) is -0.643. The van der Waals surface area contributed by atoms with Crippen molar-refractivity contribution in [1.82, 2.24) is 10.2 Å². The fourth-order valence-corrected chi connectivity index (χ4v) is 2.18. The molecule has 7 heteroatoms. The molecular weight excluding hydrogens is 272 g/mol. The van der Waals surface area contributed by atoms with Crippen LogP contribution in [0.1, 0.15) is 10.4 Å². The zero-order valence-corrected chi connectivity index (χ0v) is 10.4. The molecule has 19 heavy (non-hydrogen) atoms. The zero-order chi connectivity index (χ0) is 13.6. The summed E-state index contributed by atoms with van der Waals surface area (Å²) in [6.07, 6.45) is 1.42. The second-order valence-corrected chi connectivity index (χ2v) is 4.16. The second-order valence-electron chi connectivity index (χ2n) is 3.80. The van der Waals surface area contributed by atoms with E-state index in [1.165, 1.54) is 25.4 Å². The lowest BCUT2D eigenvalue weighted by Crippen LogP contribution is -1.97. The zero-order valence-electron chi connectivity index (χ0n) is 9.68. The normalized spacial score (nSPS) is 11.1. The molecule has 0 aliphatic rings. The molecule has 0 unspecified atom stereocenters. The van der Waals surface area contributed by atoms with Crippen molar-refractivity contribution in [3.8, 4) is 5.75 Å². The fourth-order valence-electron chi connectivity index (χ4n) is 2.00. The molecule has 1 N–H and O–H groups in total. The van der Waals surface area contributed by atoms with Gasteiger partial charge in [0.1, 0.15) is 0 Å². The number of aromatic nitrogens is 2. The highest BCUT2D eigenvalue weighted by atomic mass is 35.5. The van der Waals surface area contributed by atoms with Gasteiger partial charge in [-0.05, 0) is 12.1 Å². The van der Waals surface area contributed by atoms with Crippen LogP contribution in [-0.4, -0.2) is 28.4 Å². The molecular formula is C12H7ClN2O4. The van der Waals surface area contributed by atoms with Gasteiger partial charge in [0.25, 0.3) is 0 Å². The van der Waals surface area contributed by atoms with Crippen LogP contribution in [0.4, 0.5) is 0 Å². The molecule has 3 aromatic rings. The lowest BCUT2D eigenvalue weighted by atomic mass is 10.1. The number of furan rings is 1. The van der Waals surface area contributed by atoms with Gasteiger partial charge in [-0.3, -0.25) is 0 Å². The minimum atomic E-state index is -1.07. The Morgan fingerprint density at radius 1 is 1.42 bits per heavy atom. The predicted molar refractivity (Wildman–Crippen MR) is 67.8 cm³/mol. The van der Waals surface area contributed by atoms with E-state index in [1.807, 2.05) is 0 Å². The molecule has 0 spiro atoms. The predicted octanol–water partition coefficient (Wildman–Crippen LogP) is 2.74. The molecule has 3 rings (SSSR count). The Labute approximate surface area is 111 Å². The summed E-state index contributed by atoms with van der Waals surface area (Å²) < 4.78 is 10.7. The van der Waals surface area contributed by atoms with Gasteiger partial charge in [-0.25, -0.2) is 4.79 Å². The van der Waals surface area contributed by atoms with Gasteiger partial charge in [-0.1, -0.05) is 11.6 Å². The molecule has 6 nitrogen and oxygen atoms in total. The van der Waals surface area contributed by atoms with Crippen LogP contribution in [0.5, 0.6) is 5.75 Å². The SMILES string of the molecule is COc1ccc(C(=O)O)c2c1oc1c(Cl)nncc12. The van der Waals surface area contributed by atoms with Gasteiger partial charge in [0.15, 0.2) is 22.1 Å². The van der Waals surface area contributed by atoms with E-state index in [9.17, 15) is 9.90 Å². The molecule has 0 amide bonds. The Morgan fingerprint density at radius 2 is 2.21 bits per heavy atom. The van der Waals surface area contributed by atoms with Crippen LogP contribution in [0.15, 0.2) is 22.7 Å². The van der Waals surface area contributed by atoms with Crippen LogP contribution in [0.25, 0.3) is 21.9 Å². The quantitative estimate of drug-likeness (QED) is 0.776. The summed E-state index contributed by atoms with van der Waals surface area (Å²) in [5.41, 5.74) is 0.700. The number of methoxy groups -OCH3 is 1. The van der Waals surface area contributed by atoms with Crippen molar-refractivity contribution < 1.29 is 19.1 Å². The van der Waals surface area contributed by atoms with Gasteiger partial charge >= 0.3 is 5.97 Å². The lowest BCUT2D eigenvalue weighted by molar-refractivity contribution is 0.0699. The number of carbonyl (C=O) groups is 1. The van der Waals surface area contributed by atoms with Crippen LogP contribution in [0, 0.1) is 0 Å². The average molecular weight is 279 g/mol. The average Bonchev–Trinajstić information content (AvgIpc) is 2.78. The van der Waals surface area contributed by atoms with Crippen molar-refractivity contribution >= 4 is 39.5 Å². The molecule has 2 aromatic heterocycles. The Kier molecular flexibility index (Phi) is 2.53. The number of hydrogen-bond donors (Lipinski definition) is 1. The highest BCUT2D eigenvalue weighted by Crippen LogP contribution is 2.38. The third-order valence-electron chi connectivity index (χ3n) is 2.81. The van der Waals surface area contributed by atoms with Crippen LogP contribution in [-0.2, 0) is 0 Å². The van der Waals surface area contributed by atoms with Gasteiger partial charge < -0.3 is 14.3 Å². The summed E-state index contributed by atoms with van der Waals surface area (Å²) in [4.78, 5) is 11.3. The van der Waals surface area contributed by atoms with Crippen LogP contribution in [0.2, 0.25) is 5.15 Å². The summed E-state index contributed by atoms with van der Waals surface area (Å²) in [7, 11) is 1.47. The number of carboxylic acid groups (broad SMARTS) is 1. The fraction of sp³-hybridized carbons (Fsp3) is 0.0833.